The van der Waals surface area contributed by atoms with Gasteiger partial charge in [-0.25, -0.2) is 0 Å². The molecule has 0 fully saturated rings. The number of benzene rings is 1. The van der Waals surface area contributed by atoms with Crippen molar-refractivity contribution in [1.29, 1.82) is 0 Å². The maximum atomic E-state index is 8.02. The Kier molecular flexibility index (Phi) is 4.69. The minimum absolute atomic E-state index is 0.445. The summed E-state index contributed by atoms with van der Waals surface area (Å²) in [4.78, 5) is 2.64. The zero-order valence-electron chi connectivity index (χ0n) is 7.56. The SMILES string of the molecule is [N-]=[N+]=NCCCOc1ccccc1Cl. The molecule has 0 saturated carbocycles. The van der Waals surface area contributed by atoms with Crippen molar-refractivity contribution >= 4 is 11.6 Å². The van der Waals surface area contributed by atoms with Crippen LogP contribution in [0.15, 0.2) is 29.4 Å². The third-order valence-corrected chi connectivity index (χ3v) is 1.87. The highest BCUT2D eigenvalue weighted by Gasteiger charge is 1.97. The van der Waals surface area contributed by atoms with Crippen LogP contribution in [0.25, 0.3) is 10.4 Å². The van der Waals surface area contributed by atoms with Gasteiger partial charge in [-0.05, 0) is 24.1 Å². The fraction of sp³-hybridized carbons (Fsp3) is 0.333. The summed E-state index contributed by atoms with van der Waals surface area (Å²) in [5, 5.41) is 3.99. The van der Waals surface area contributed by atoms with E-state index in [9.17, 15) is 0 Å². The van der Waals surface area contributed by atoms with Gasteiger partial charge in [-0.15, -0.1) is 0 Å². The quantitative estimate of drug-likeness (QED) is 0.319. The summed E-state index contributed by atoms with van der Waals surface area (Å²) in [7, 11) is 0. The van der Waals surface area contributed by atoms with Crippen LogP contribution in [0.3, 0.4) is 0 Å². The smallest absolute Gasteiger partial charge is 0.137 e. The maximum absolute atomic E-state index is 8.02. The van der Waals surface area contributed by atoms with Gasteiger partial charge < -0.3 is 4.74 Å². The molecule has 0 N–H and O–H groups in total. The van der Waals surface area contributed by atoms with Gasteiger partial charge in [0.05, 0.1) is 11.6 Å². The van der Waals surface area contributed by atoms with Crippen LogP contribution in [0.5, 0.6) is 5.75 Å². The van der Waals surface area contributed by atoms with Gasteiger partial charge in [0.15, 0.2) is 0 Å². The molecule has 0 spiro atoms. The number of halogens is 1. The van der Waals surface area contributed by atoms with E-state index in [0.29, 0.717) is 30.3 Å². The van der Waals surface area contributed by atoms with Crippen LogP contribution in [0, 0.1) is 0 Å². The summed E-state index contributed by atoms with van der Waals surface area (Å²) in [5.41, 5.74) is 8.02. The van der Waals surface area contributed by atoms with Crippen LogP contribution in [0.1, 0.15) is 6.42 Å². The second kappa shape index (κ2) is 6.13. The molecule has 0 radical (unpaired) electrons. The summed E-state index contributed by atoms with van der Waals surface area (Å²) in [6.45, 7) is 0.948. The molecule has 0 saturated heterocycles. The molecule has 4 nitrogen and oxygen atoms in total. The van der Waals surface area contributed by atoms with Gasteiger partial charge >= 0.3 is 0 Å². The zero-order valence-corrected chi connectivity index (χ0v) is 8.31. The van der Waals surface area contributed by atoms with Gasteiger partial charge in [0.25, 0.3) is 0 Å². The summed E-state index contributed by atoms with van der Waals surface area (Å²) >= 11 is 5.86. The van der Waals surface area contributed by atoms with Gasteiger partial charge in [0.1, 0.15) is 5.75 Å². The van der Waals surface area contributed by atoms with Crippen LogP contribution in [-0.4, -0.2) is 13.2 Å². The van der Waals surface area contributed by atoms with E-state index in [0.717, 1.165) is 0 Å². The molecule has 1 aromatic carbocycles. The van der Waals surface area contributed by atoms with Crippen LogP contribution >= 0.6 is 11.6 Å². The molecule has 0 atom stereocenters. The standard InChI is InChI=1S/C9H10ClN3O/c10-8-4-1-2-5-9(8)14-7-3-6-12-13-11/h1-2,4-5H,3,6-7H2. The lowest BCUT2D eigenvalue weighted by Crippen LogP contribution is -1.98. The number of hydrogen-bond acceptors (Lipinski definition) is 2. The molecule has 74 valence electrons. The largest absolute Gasteiger partial charge is 0.492 e. The minimum atomic E-state index is 0.445. The van der Waals surface area contributed by atoms with Crippen molar-refractivity contribution < 1.29 is 4.74 Å². The molecule has 0 aliphatic rings. The molecule has 0 unspecified atom stereocenters. The van der Waals surface area contributed by atoms with Gasteiger partial charge in [-0.2, -0.15) is 0 Å². The first-order valence-electron chi connectivity index (χ1n) is 4.23. The molecule has 14 heavy (non-hydrogen) atoms. The lowest BCUT2D eigenvalue weighted by molar-refractivity contribution is 0.313. The Labute approximate surface area is 87.1 Å². The number of ether oxygens (including phenoxy) is 1. The van der Waals surface area contributed by atoms with Gasteiger partial charge in [0.2, 0.25) is 0 Å². The van der Waals surface area contributed by atoms with E-state index in [2.05, 4.69) is 10.0 Å². The molecule has 1 rings (SSSR count). The molecule has 0 amide bonds. The summed E-state index contributed by atoms with van der Waals surface area (Å²) in [6.07, 6.45) is 0.690. The molecular formula is C9H10ClN3O. The predicted molar refractivity (Wildman–Crippen MR) is 55.6 cm³/mol. The van der Waals surface area contributed by atoms with Crippen LogP contribution in [0.2, 0.25) is 5.02 Å². The van der Waals surface area contributed by atoms with Crippen LogP contribution < -0.4 is 4.74 Å². The van der Waals surface area contributed by atoms with Crippen molar-refractivity contribution in [3.8, 4) is 5.75 Å². The minimum Gasteiger partial charge on any atom is -0.492 e. The first-order valence-corrected chi connectivity index (χ1v) is 4.60. The zero-order chi connectivity index (χ0) is 10.2. The maximum Gasteiger partial charge on any atom is 0.137 e. The Balaban J connectivity index is 2.31. The molecule has 1 aromatic rings. The Morgan fingerprint density at radius 1 is 1.43 bits per heavy atom. The first-order chi connectivity index (χ1) is 6.84. The highest BCUT2D eigenvalue weighted by Crippen LogP contribution is 2.22. The lowest BCUT2D eigenvalue weighted by atomic mass is 10.3. The van der Waals surface area contributed by atoms with E-state index < -0.39 is 0 Å². The van der Waals surface area contributed by atoms with Gasteiger partial charge in [0, 0.05) is 11.5 Å². The third kappa shape index (κ3) is 3.56. The number of rotatable bonds is 5. The van der Waals surface area contributed by atoms with E-state index in [-0.39, 0.29) is 0 Å². The van der Waals surface area contributed by atoms with E-state index in [1.54, 1.807) is 12.1 Å². The van der Waals surface area contributed by atoms with Crippen LogP contribution in [-0.2, 0) is 0 Å². The fourth-order valence-corrected chi connectivity index (χ4v) is 1.11. The second-order valence-electron chi connectivity index (χ2n) is 2.59. The van der Waals surface area contributed by atoms with Gasteiger partial charge in [-0.1, -0.05) is 28.8 Å². The summed E-state index contributed by atoms with van der Waals surface area (Å²) < 4.78 is 5.37. The van der Waals surface area contributed by atoms with Crippen molar-refractivity contribution in [1.82, 2.24) is 0 Å². The molecule has 0 aliphatic heterocycles. The Morgan fingerprint density at radius 3 is 2.93 bits per heavy atom. The average molecular weight is 212 g/mol. The number of hydrogen-bond donors (Lipinski definition) is 0. The molecule has 0 bridgehead atoms. The average Bonchev–Trinajstić information content (AvgIpc) is 2.20. The lowest BCUT2D eigenvalue weighted by Gasteiger charge is -2.05. The highest BCUT2D eigenvalue weighted by molar-refractivity contribution is 6.32. The Bertz CT molecular complexity index is 337. The third-order valence-electron chi connectivity index (χ3n) is 1.56. The van der Waals surface area contributed by atoms with Crippen molar-refractivity contribution in [3.05, 3.63) is 39.7 Å². The second-order valence-corrected chi connectivity index (χ2v) is 2.99. The Hall–Kier alpha value is -1.38. The molecule has 0 aliphatic carbocycles. The van der Waals surface area contributed by atoms with Crippen molar-refractivity contribution in [3.63, 3.8) is 0 Å². The first kappa shape index (κ1) is 10.7. The van der Waals surface area contributed by atoms with Crippen molar-refractivity contribution in [2.75, 3.05) is 13.2 Å². The Morgan fingerprint density at radius 2 is 2.21 bits per heavy atom. The number of para-hydroxylation sites is 1. The van der Waals surface area contributed by atoms with E-state index in [4.69, 9.17) is 21.9 Å². The summed E-state index contributed by atoms with van der Waals surface area (Å²) in [6, 6.07) is 7.27. The van der Waals surface area contributed by atoms with E-state index in [1.165, 1.54) is 0 Å². The molecule has 0 heterocycles. The van der Waals surface area contributed by atoms with E-state index in [1.807, 2.05) is 12.1 Å². The monoisotopic (exact) mass is 211 g/mol. The molecule has 5 heteroatoms. The predicted octanol–water partition coefficient (Wildman–Crippen LogP) is 3.42. The normalized spacial score (nSPS) is 9.21. The van der Waals surface area contributed by atoms with Crippen molar-refractivity contribution in [2.24, 2.45) is 5.11 Å². The topological polar surface area (TPSA) is 58.0 Å². The fourth-order valence-electron chi connectivity index (χ4n) is 0.924. The molecule has 0 aromatic heterocycles. The van der Waals surface area contributed by atoms with Gasteiger partial charge in [-0.3, -0.25) is 0 Å². The van der Waals surface area contributed by atoms with Crippen LogP contribution in [0.4, 0.5) is 0 Å². The van der Waals surface area contributed by atoms with E-state index >= 15 is 0 Å². The number of azide groups is 1. The number of nitrogens with zero attached hydrogens (tertiary/aromatic N) is 3. The molecular weight excluding hydrogens is 202 g/mol. The highest BCUT2D eigenvalue weighted by atomic mass is 35.5. The van der Waals surface area contributed by atoms with Crippen molar-refractivity contribution in [2.45, 2.75) is 6.42 Å². The summed E-state index contributed by atoms with van der Waals surface area (Å²) in [5.74, 6) is 0.662.